The molecule has 5 heteroatoms. The Morgan fingerprint density at radius 3 is 2.85 bits per heavy atom. The number of hydrogen-bond donors (Lipinski definition) is 1. The molecular formula is C15H20N2O3. The minimum absolute atomic E-state index is 0.0423. The Balaban J connectivity index is 1.88. The molecule has 0 aliphatic carbocycles. The van der Waals surface area contributed by atoms with E-state index in [-0.39, 0.29) is 5.91 Å². The third-order valence-electron chi connectivity index (χ3n) is 3.72. The van der Waals surface area contributed by atoms with Crippen LogP contribution in [0.4, 0.5) is 0 Å². The van der Waals surface area contributed by atoms with E-state index < -0.39 is 0 Å². The van der Waals surface area contributed by atoms with Gasteiger partial charge >= 0.3 is 0 Å². The van der Waals surface area contributed by atoms with E-state index in [0.717, 1.165) is 26.1 Å². The summed E-state index contributed by atoms with van der Waals surface area (Å²) in [4.78, 5) is 14.8. The van der Waals surface area contributed by atoms with Gasteiger partial charge in [-0.3, -0.25) is 4.79 Å². The van der Waals surface area contributed by atoms with E-state index in [4.69, 9.17) is 9.47 Å². The maximum Gasteiger partial charge on any atom is 0.258 e. The van der Waals surface area contributed by atoms with Crippen LogP contribution in [0.2, 0.25) is 0 Å². The van der Waals surface area contributed by atoms with Gasteiger partial charge in [-0.2, -0.15) is 0 Å². The number of hydrogen-bond acceptors (Lipinski definition) is 4. The first-order valence-electron chi connectivity index (χ1n) is 7.21. The second kappa shape index (κ2) is 5.71. The molecule has 2 aliphatic heterocycles. The first-order chi connectivity index (χ1) is 9.81. The lowest BCUT2D eigenvalue weighted by Crippen LogP contribution is -2.59. The van der Waals surface area contributed by atoms with Crippen LogP contribution in [0.5, 0.6) is 11.5 Å². The Hall–Kier alpha value is -1.75. The van der Waals surface area contributed by atoms with E-state index in [1.165, 1.54) is 0 Å². The van der Waals surface area contributed by atoms with Crippen LogP contribution in [-0.4, -0.2) is 49.7 Å². The lowest BCUT2D eigenvalue weighted by atomic mass is 10.1. The van der Waals surface area contributed by atoms with Gasteiger partial charge in [0.15, 0.2) is 11.5 Å². The molecule has 108 valence electrons. The summed E-state index contributed by atoms with van der Waals surface area (Å²) >= 11 is 0. The zero-order valence-corrected chi connectivity index (χ0v) is 11.7. The molecule has 0 saturated carbocycles. The predicted octanol–water partition coefficient (Wildman–Crippen LogP) is 1.28. The molecule has 0 unspecified atom stereocenters. The van der Waals surface area contributed by atoms with Crippen molar-refractivity contribution >= 4 is 5.91 Å². The average Bonchev–Trinajstić information content (AvgIpc) is 2.43. The average molecular weight is 276 g/mol. The van der Waals surface area contributed by atoms with Crippen LogP contribution in [0.25, 0.3) is 0 Å². The number of para-hydroxylation sites is 1. The van der Waals surface area contributed by atoms with Gasteiger partial charge in [-0.15, -0.1) is 0 Å². The number of nitrogens with one attached hydrogen (secondary N) is 1. The van der Waals surface area contributed by atoms with Crippen LogP contribution in [0.15, 0.2) is 18.2 Å². The summed E-state index contributed by atoms with van der Waals surface area (Å²) in [5.41, 5.74) is 0.613. The summed E-state index contributed by atoms with van der Waals surface area (Å²) in [5.74, 6) is 1.31. The van der Waals surface area contributed by atoms with Crippen molar-refractivity contribution < 1.29 is 14.3 Å². The molecule has 1 amide bonds. The maximum atomic E-state index is 12.8. The van der Waals surface area contributed by atoms with Gasteiger partial charge in [-0.25, -0.2) is 0 Å². The highest BCUT2D eigenvalue weighted by atomic mass is 16.6. The highest BCUT2D eigenvalue weighted by molar-refractivity contribution is 5.98. The Bertz CT molecular complexity index is 500. The number of amides is 1. The van der Waals surface area contributed by atoms with Crippen molar-refractivity contribution in [2.24, 2.45) is 0 Å². The summed E-state index contributed by atoms with van der Waals surface area (Å²) < 4.78 is 11.2. The van der Waals surface area contributed by atoms with E-state index in [9.17, 15) is 4.79 Å². The SMILES string of the molecule is CCCN(C(=O)c1cccc2c1OCCO2)C1CNC1. The Labute approximate surface area is 118 Å². The maximum absolute atomic E-state index is 12.8. The van der Waals surface area contributed by atoms with Crippen molar-refractivity contribution in [3.63, 3.8) is 0 Å². The summed E-state index contributed by atoms with van der Waals surface area (Å²) in [6.45, 7) is 5.64. The molecule has 1 aromatic carbocycles. The van der Waals surface area contributed by atoms with Gasteiger partial charge in [-0.1, -0.05) is 13.0 Å². The largest absolute Gasteiger partial charge is 0.486 e. The second-order valence-electron chi connectivity index (χ2n) is 5.14. The summed E-state index contributed by atoms with van der Waals surface area (Å²) in [6, 6.07) is 5.82. The molecule has 0 spiro atoms. The molecule has 3 rings (SSSR count). The molecule has 1 saturated heterocycles. The number of carbonyl (C=O) groups excluding carboxylic acids is 1. The zero-order chi connectivity index (χ0) is 13.9. The van der Waals surface area contributed by atoms with E-state index >= 15 is 0 Å². The normalized spacial score (nSPS) is 17.4. The van der Waals surface area contributed by atoms with Gasteiger partial charge in [0, 0.05) is 19.6 Å². The number of benzene rings is 1. The quantitative estimate of drug-likeness (QED) is 0.900. The summed E-state index contributed by atoms with van der Waals surface area (Å²) in [5, 5.41) is 3.22. The minimum Gasteiger partial charge on any atom is -0.486 e. The van der Waals surface area contributed by atoms with Crippen molar-refractivity contribution in [2.45, 2.75) is 19.4 Å². The van der Waals surface area contributed by atoms with Gasteiger partial charge < -0.3 is 19.7 Å². The molecule has 1 N–H and O–H groups in total. The highest BCUT2D eigenvalue weighted by Crippen LogP contribution is 2.34. The van der Waals surface area contributed by atoms with Crippen molar-refractivity contribution in [2.75, 3.05) is 32.8 Å². The number of fused-ring (bicyclic) bond motifs is 1. The number of nitrogens with zero attached hydrogens (tertiary/aromatic N) is 1. The predicted molar refractivity (Wildman–Crippen MR) is 75.4 cm³/mol. The van der Waals surface area contributed by atoms with Crippen molar-refractivity contribution in [1.29, 1.82) is 0 Å². The summed E-state index contributed by atoms with van der Waals surface area (Å²) in [7, 11) is 0. The molecular weight excluding hydrogens is 256 g/mol. The number of rotatable bonds is 4. The van der Waals surface area contributed by atoms with Gasteiger partial charge in [0.05, 0.1) is 11.6 Å². The third-order valence-corrected chi connectivity index (χ3v) is 3.72. The lowest BCUT2D eigenvalue weighted by Gasteiger charge is -2.38. The van der Waals surface area contributed by atoms with E-state index in [0.29, 0.717) is 36.3 Å². The molecule has 0 aromatic heterocycles. The Morgan fingerprint density at radius 1 is 1.35 bits per heavy atom. The molecule has 2 heterocycles. The first-order valence-corrected chi connectivity index (χ1v) is 7.21. The summed E-state index contributed by atoms with van der Waals surface area (Å²) in [6.07, 6.45) is 0.953. The highest BCUT2D eigenvalue weighted by Gasteiger charge is 2.31. The van der Waals surface area contributed by atoms with Crippen LogP contribution in [-0.2, 0) is 0 Å². The lowest BCUT2D eigenvalue weighted by molar-refractivity contribution is 0.0606. The molecule has 0 radical (unpaired) electrons. The fraction of sp³-hybridized carbons (Fsp3) is 0.533. The van der Waals surface area contributed by atoms with Crippen molar-refractivity contribution in [1.82, 2.24) is 10.2 Å². The number of ether oxygens (including phenoxy) is 2. The molecule has 5 nitrogen and oxygen atoms in total. The first kappa shape index (κ1) is 13.2. The van der Waals surface area contributed by atoms with Crippen LogP contribution in [0.3, 0.4) is 0 Å². The molecule has 20 heavy (non-hydrogen) atoms. The fourth-order valence-corrected chi connectivity index (χ4v) is 2.58. The van der Waals surface area contributed by atoms with Crippen LogP contribution < -0.4 is 14.8 Å². The molecule has 0 atom stereocenters. The topological polar surface area (TPSA) is 50.8 Å². The Kier molecular flexibility index (Phi) is 3.78. The number of carbonyl (C=O) groups is 1. The standard InChI is InChI=1S/C15H20N2O3/c1-2-6-17(11-9-16-10-11)15(18)12-4-3-5-13-14(12)20-8-7-19-13/h3-5,11,16H,2,6-10H2,1H3. The fourth-order valence-electron chi connectivity index (χ4n) is 2.58. The van der Waals surface area contributed by atoms with Gasteiger partial charge in [0.1, 0.15) is 13.2 Å². The van der Waals surface area contributed by atoms with E-state index in [2.05, 4.69) is 12.2 Å². The molecule has 1 fully saturated rings. The van der Waals surface area contributed by atoms with Crippen molar-refractivity contribution in [3.05, 3.63) is 23.8 Å². The van der Waals surface area contributed by atoms with Crippen LogP contribution in [0.1, 0.15) is 23.7 Å². The van der Waals surface area contributed by atoms with Crippen LogP contribution in [0, 0.1) is 0 Å². The van der Waals surface area contributed by atoms with Crippen molar-refractivity contribution in [3.8, 4) is 11.5 Å². The third kappa shape index (κ3) is 2.33. The van der Waals surface area contributed by atoms with Gasteiger partial charge in [0.25, 0.3) is 5.91 Å². The van der Waals surface area contributed by atoms with Crippen LogP contribution >= 0.6 is 0 Å². The zero-order valence-electron chi connectivity index (χ0n) is 11.7. The Morgan fingerprint density at radius 2 is 2.15 bits per heavy atom. The van der Waals surface area contributed by atoms with Gasteiger partial charge in [-0.05, 0) is 18.6 Å². The second-order valence-corrected chi connectivity index (χ2v) is 5.14. The smallest absolute Gasteiger partial charge is 0.258 e. The van der Waals surface area contributed by atoms with E-state index in [1.54, 1.807) is 0 Å². The van der Waals surface area contributed by atoms with E-state index in [1.807, 2.05) is 23.1 Å². The molecule has 2 aliphatic rings. The molecule has 1 aromatic rings. The molecule has 0 bridgehead atoms. The van der Waals surface area contributed by atoms with Gasteiger partial charge in [0.2, 0.25) is 0 Å². The monoisotopic (exact) mass is 276 g/mol. The minimum atomic E-state index is 0.0423.